The Morgan fingerprint density at radius 2 is 2.42 bits per heavy atom. The van der Waals surface area contributed by atoms with Gasteiger partial charge in [-0.1, -0.05) is 18.7 Å². The van der Waals surface area contributed by atoms with Crippen molar-refractivity contribution in [3.63, 3.8) is 0 Å². The Morgan fingerprint density at radius 3 is 3.00 bits per heavy atom. The summed E-state index contributed by atoms with van der Waals surface area (Å²) in [5.41, 5.74) is 0.784. The predicted molar refractivity (Wildman–Crippen MR) is 44.7 cm³/mol. The van der Waals surface area contributed by atoms with Crippen molar-refractivity contribution in [1.29, 1.82) is 0 Å². The average Bonchev–Trinajstić information content (AvgIpc) is 2.08. The van der Waals surface area contributed by atoms with Crippen molar-refractivity contribution in [1.82, 2.24) is 0 Å². The second kappa shape index (κ2) is 3.56. The number of rotatable bonds is 1. The van der Waals surface area contributed by atoms with Gasteiger partial charge in [0.15, 0.2) is 0 Å². The molecule has 1 aliphatic carbocycles. The molecule has 64 valence electrons. The van der Waals surface area contributed by atoms with Crippen molar-refractivity contribution in [2.75, 3.05) is 0 Å². The third-order valence-corrected chi connectivity index (χ3v) is 2.02. The lowest BCUT2D eigenvalue weighted by atomic mass is 10.0. The van der Waals surface area contributed by atoms with E-state index in [0.717, 1.165) is 0 Å². The zero-order chi connectivity index (χ0) is 9.14. The van der Waals surface area contributed by atoms with Gasteiger partial charge in [0, 0.05) is 0 Å². The van der Waals surface area contributed by atoms with E-state index < -0.39 is 11.3 Å². The fourth-order valence-corrected chi connectivity index (χ4v) is 1.10. The average molecular weight is 187 g/mol. The monoisotopic (exact) mass is 186 g/mol. The molecule has 0 saturated heterocycles. The van der Waals surface area contributed by atoms with Crippen LogP contribution >= 0.6 is 11.6 Å². The summed E-state index contributed by atoms with van der Waals surface area (Å²) in [5.74, 6) is -0.847. The van der Waals surface area contributed by atoms with Crippen molar-refractivity contribution < 1.29 is 14.9 Å². The molecule has 1 atom stereocenters. The molecule has 0 amide bonds. The molecule has 12 heavy (non-hydrogen) atoms. The first-order valence-electron chi connectivity index (χ1n) is 3.23. The molecular formula is C8H7ClO3. The molecule has 0 radical (unpaired) electrons. The van der Waals surface area contributed by atoms with E-state index in [1.165, 1.54) is 6.08 Å². The Hall–Kier alpha value is -1.06. The highest BCUT2D eigenvalue weighted by atomic mass is 35.5. The molecule has 0 aliphatic heterocycles. The summed E-state index contributed by atoms with van der Waals surface area (Å²) in [6.07, 6.45) is 4.78. The van der Waals surface area contributed by atoms with E-state index in [1.54, 1.807) is 12.2 Å². The highest BCUT2D eigenvalue weighted by Crippen LogP contribution is 2.23. The largest absolute Gasteiger partial charge is 0.370 e. The van der Waals surface area contributed by atoms with Crippen LogP contribution in [0.15, 0.2) is 36.0 Å². The molecule has 0 bridgehead atoms. The van der Waals surface area contributed by atoms with E-state index in [-0.39, 0.29) is 5.57 Å². The van der Waals surface area contributed by atoms with Gasteiger partial charge in [-0.15, -0.1) is 11.6 Å². The van der Waals surface area contributed by atoms with Crippen LogP contribution in [0.4, 0.5) is 0 Å². The maximum atomic E-state index is 10.8. The number of allylic oxidation sites excluding steroid dienone is 4. The van der Waals surface area contributed by atoms with Crippen molar-refractivity contribution in [3.8, 4) is 0 Å². The number of hydrogen-bond acceptors (Lipinski definition) is 3. The third-order valence-electron chi connectivity index (χ3n) is 1.50. The fourth-order valence-electron chi connectivity index (χ4n) is 0.868. The zero-order valence-corrected chi connectivity index (χ0v) is 6.91. The first-order valence-corrected chi connectivity index (χ1v) is 3.67. The van der Waals surface area contributed by atoms with Crippen molar-refractivity contribution in [2.24, 2.45) is 0 Å². The lowest BCUT2D eigenvalue weighted by Crippen LogP contribution is -2.17. The Bertz CT molecular complexity index is 278. The standard InChI is InChI=1S/C8H7ClO3/c1-5-3-2-4-6(7(5)9)8(10)12-11/h2-4,7,11H,1H2. The Kier molecular flexibility index (Phi) is 2.68. The number of carbonyl (C=O) groups is 1. The summed E-state index contributed by atoms with van der Waals surface area (Å²) in [6.45, 7) is 3.61. The van der Waals surface area contributed by atoms with Gasteiger partial charge in [-0.25, -0.2) is 4.79 Å². The normalized spacial score (nSPS) is 22.0. The third kappa shape index (κ3) is 1.57. The molecule has 0 fully saturated rings. The Labute approximate surface area is 74.5 Å². The van der Waals surface area contributed by atoms with Gasteiger partial charge >= 0.3 is 5.97 Å². The topological polar surface area (TPSA) is 46.5 Å². The van der Waals surface area contributed by atoms with Gasteiger partial charge in [-0.3, -0.25) is 4.89 Å². The molecule has 1 unspecified atom stereocenters. The molecule has 0 spiro atoms. The number of halogens is 1. The first-order chi connectivity index (χ1) is 5.66. The maximum Gasteiger partial charge on any atom is 0.370 e. The summed E-state index contributed by atoms with van der Waals surface area (Å²) in [4.78, 5) is 14.4. The van der Waals surface area contributed by atoms with Crippen LogP contribution in [0.25, 0.3) is 0 Å². The van der Waals surface area contributed by atoms with Crippen LogP contribution in [-0.4, -0.2) is 16.6 Å². The fraction of sp³-hybridized carbons (Fsp3) is 0.125. The minimum Gasteiger partial charge on any atom is -0.296 e. The molecule has 0 aromatic heterocycles. The van der Waals surface area contributed by atoms with E-state index in [9.17, 15) is 4.79 Å². The smallest absolute Gasteiger partial charge is 0.296 e. The lowest BCUT2D eigenvalue weighted by Gasteiger charge is -2.13. The van der Waals surface area contributed by atoms with Crippen LogP contribution in [0.2, 0.25) is 0 Å². The predicted octanol–water partition coefficient (Wildman–Crippen LogP) is 1.66. The van der Waals surface area contributed by atoms with Crippen molar-refractivity contribution in [2.45, 2.75) is 5.38 Å². The van der Waals surface area contributed by atoms with Gasteiger partial charge in [-0.2, -0.15) is 5.26 Å². The van der Waals surface area contributed by atoms with Crippen LogP contribution in [0.3, 0.4) is 0 Å². The Morgan fingerprint density at radius 1 is 1.75 bits per heavy atom. The second-order valence-electron chi connectivity index (χ2n) is 2.30. The summed E-state index contributed by atoms with van der Waals surface area (Å²) < 4.78 is 0. The van der Waals surface area contributed by atoms with E-state index in [2.05, 4.69) is 11.5 Å². The molecule has 3 nitrogen and oxygen atoms in total. The maximum absolute atomic E-state index is 10.8. The molecule has 0 heterocycles. The molecule has 0 aromatic carbocycles. The molecule has 4 heteroatoms. The number of alkyl halides is 1. The number of hydrogen-bond donors (Lipinski definition) is 1. The van der Waals surface area contributed by atoms with Gasteiger partial charge in [0.1, 0.15) is 0 Å². The molecular weight excluding hydrogens is 180 g/mol. The van der Waals surface area contributed by atoms with Crippen molar-refractivity contribution in [3.05, 3.63) is 36.0 Å². The summed E-state index contributed by atoms with van der Waals surface area (Å²) in [5, 5.41) is 7.47. The van der Waals surface area contributed by atoms with E-state index in [4.69, 9.17) is 16.9 Å². The molecule has 0 aromatic rings. The van der Waals surface area contributed by atoms with Gasteiger partial charge in [0.25, 0.3) is 0 Å². The molecule has 0 saturated carbocycles. The number of carbonyl (C=O) groups excluding carboxylic acids is 1. The van der Waals surface area contributed by atoms with Gasteiger partial charge < -0.3 is 0 Å². The highest BCUT2D eigenvalue weighted by Gasteiger charge is 2.23. The van der Waals surface area contributed by atoms with E-state index in [1.807, 2.05) is 0 Å². The molecule has 1 N–H and O–H groups in total. The van der Waals surface area contributed by atoms with E-state index >= 15 is 0 Å². The summed E-state index contributed by atoms with van der Waals surface area (Å²) >= 11 is 5.78. The van der Waals surface area contributed by atoms with Crippen LogP contribution in [0.5, 0.6) is 0 Å². The van der Waals surface area contributed by atoms with E-state index in [0.29, 0.717) is 5.57 Å². The molecule has 1 aliphatic rings. The van der Waals surface area contributed by atoms with Crippen LogP contribution in [0, 0.1) is 0 Å². The lowest BCUT2D eigenvalue weighted by molar-refractivity contribution is -0.229. The highest BCUT2D eigenvalue weighted by molar-refractivity contribution is 6.27. The second-order valence-corrected chi connectivity index (χ2v) is 2.73. The van der Waals surface area contributed by atoms with Crippen LogP contribution in [0.1, 0.15) is 0 Å². The van der Waals surface area contributed by atoms with Gasteiger partial charge in [0.2, 0.25) is 0 Å². The Balaban J connectivity index is 2.90. The zero-order valence-electron chi connectivity index (χ0n) is 6.16. The quantitative estimate of drug-likeness (QED) is 0.385. The SMILES string of the molecule is C=C1C=CC=C(C(=O)OO)C1Cl. The van der Waals surface area contributed by atoms with Gasteiger partial charge in [-0.05, 0) is 11.6 Å². The molecule has 1 rings (SSSR count). The van der Waals surface area contributed by atoms with Gasteiger partial charge in [0.05, 0.1) is 11.0 Å². The summed E-state index contributed by atoms with van der Waals surface area (Å²) in [6, 6.07) is 0. The minimum atomic E-state index is -0.847. The first kappa shape index (κ1) is 9.03. The van der Waals surface area contributed by atoms with Crippen molar-refractivity contribution >= 4 is 17.6 Å². The van der Waals surface area contributed by atoms with Crippen LogP contribution in [-0.2, 0) is 9.68 Å². The van der Waals surface area contributed by atoms with Crippen LogP contribution < -0.4 is 0 Å². The summed E-state index contributed by atoms with van der Waals surface area (Å²) in [7, 11) is 0. The minimum absolute atomic E-state index is 0.187.